The van der Waals surface area contributed by atoms with Crippen molar-refractivity contribution in [2.24, 2.45) is 0 Å². The highest BCUT2D eigenvalue weighted by Crippen LogP contribution is 2.27. The summed E-state index contributed by atoms with van der Waals surface area (Å²) < 4.78 is 7.33. The third-order valence-electron chi connectivity index (χ3n) is 3.88. The monoisotopic (exact) mass is 361 g/mol. The van der Waals surface area contributed by atoms with E-state index in [1.54, 1.807) is 24.7 Å². The van der Waals surface area contributed by atoms with Crippen molar-refractivity contribution in [3.63, 3.8) is 0 Å². The Hall–Kier alpha value is -3.25. The Morgan fingerprint density at radius 3 is 2.73 bits per heavy atom. The maximum Gasteiger partial charge on any atom is 0.345 e. The minimum absolute atomic E-state index is 0.338. The summed E-state index contributed by atoms with van der Waals surface area (Å²) >= 11 is 1.30. The lowest BCUT2D eigenvalue weighted by Crippen LogP contribution is -2.08. The van der Waals surface area contributed by atoms with Crippen molar-refractivity contribution in [2.45, 2.75) is 6.92 Å². The van der Waals surface area contributed by atoms with Crippen LogP contribution in [-0.4, -0.2) is 20.5 Å². The van der Waals surface area contributed by atoms with Gasteiger partial charge in [0.1, 0.15) is 0 Å². The van der Waals surface area contributed by atoms with Gasteiger partial charge in [0.05, 0.1) is 17.6 Å². The highest BCUT2D eigenvalue weighted by molar-refractivity contribution is 7.11. The summed E-state index contributed by atoms with van der Waals surface area (Å²) in [5, 5.41) is 2.22. The molecule has 0 aliphatic carbocycles. The second-order valence-corrected chi connectivity index (χ2v) is 6.60. The second-order valence-electron chi connectivity index (χ2n) is 5.77. The lowest BCUT2D eigenvalue weighted by molar-refractivity contribution is 0.0734. The topological polar surface area (TPSA) is 57.0 Å². The number of ether oxygens (including phenoxy) is 1. The molecule has 2 aromatic heterocycles. The number of hydrogen-bond donors (Lipinski definition) is 0. The Morgan fingerprint density at radius 1 is 1.15 bits per heavy atom. The third-order valence-corrected chi connectivity index (χ3v) is 4.60. The van der Waals surface area contributed by atoms with Crippen LogP contribution in [0.15, 0.2) is 72.6 Å². The van der Waals surface area contributed by atoms with Crippen molar-refractivity contribution < 1.29 is 9.53 Å². The standard InChI is InChI=1S/C20H15N3O2S/c1-14-3-2-4-16(11-14)19(24)25-20-22-18(12-26-20)15-5-7-17(8-6-15)23-10-9-21-13-23/h2-13H,1H3. The molecule has 4 rings (SSSR count). The van der Waals surface area contributed by atoms with Crippen LogP contribution in [0.3, 0.4) is 0 Å². The molecule has 5 nitrogen and oxygen atoms in total. The highest BCUT2D eigenvalue weighted by Gasteiger charge is 2.12. The average Bonchev–Trinajstić information content (AvgIpc) is 3.34. The largest absolute Gasteiger partial charge is 0.394 e. The molecule has 26 heavy (non-hydrogen) atoms. The summed E-state index contributed by atoms with van der Waals surface area (Å²) in [5.41, 5.74) is 4.29. The molecular weight excluding hydrogens is 346 g/mol. The second kappa shape index (κ2) is 6.93. The molecule has 0 aliphatic rings. The summed E-state index contributed by atoms with van der Waals surface area (Å²) in [5.74, 6) is -0.398. The first-order valence-electron chi connectivity index (χ1n) is 8.02. The van der Waals surface area contributed by atoms with Crippen molar-refractivity contribution in [2.75, 3.05) is 0 Å². The molecule has 2 aromatic carbocycles. The molecular formula is C20H15N3O2S. The maximum absolute atomic E-state index is 12.2. The highest BCUT2D eigenvalue weighted by atomic mass is 32.1. The number of carbonyl (C=O) groups is 1. The fraction of sp³-hybridized carbons (Fsp3) is 0.0500. The summed E-state index contributed by atoms with van der Waals surface area (Å²) in [7, 11) is 0. The normalized spacial score (nSPS) is 10.7. The average molecular weight is 361 g/mol. The van der Waals surface area contributed by atoms with Gasteiger partial charge >= 0.3 is 5.97 Å². The Morgan fingerprint density at radius 2 is 2.00 bits per heavy atom. The summed E-state index contributed by atoms with van der Waals surface area (Å²) in [4.78, 5) is 20.7. The number of imidazole rings is 1. The molecule has 0 saturated heterocycles. The van der Waals surface area contributed by atoms with E-state index in [9.17, 15) is 4.79 Å². The van der Waals surface area contributed by atoms with Crippen molar-refractivity contribution in [3.8, 4) is 22.1 Å². The van der Waals surface area contributed by atoms with Gasteiger partial charge in [0.25, 0.3) is 5.19 Å². The lowest BCUT2D eigenvalue weighted by atomic mass is 10.1. The van der Waals surface area contributed by atoms with Gasteiger partial charge in [-0.3, -0.25) is 0 Å². The van der Waals surface area contributed by atoms with Gasteiger partial charge < -0.3 is 9.30 Å². The SMILES string of the molecule is Cc1cccc(C(=O)Oc2nc(-c3ccc(-n4ccnc4)cc3)cs2)c1. The number of thiazole rings is 1. The van der Waals surface area contributed by atoms with Crippen LogP contribution in [-0.2, 0) is 0 Å². The van der Waals surface area contributed by atoms with Crippen LogP contribution in [0.2, 0.25) is 0 Å². The Balaban J connectivity index is 1.50. The minimum atomic E-state index is -0.398. The van der Waals surface area contributed by atoms with E-state index < -0.39 is 5.97 Å². The first kappa shape index (κ1) is 16.2. The minimum Gasteiger partial charge on any atom is -0.394 e. The Bertz CT molecular complexity index is 1040. The third kappa shape index (κ3) is 3.41. The van der Waals surface area contributed by atoms with Gasteiger partial charge in [-0.05, 0) is 31.2 Å². The molecule has 4 aromatic rings. The van der Waals surface area contributed by atoms with E-state index in [0.717, 1.165) is 22.5 Å². The number of carbonyl (C=O) groups excluding carboxylic acids is 1. The molecule has 128 valence electrons. The van der Waals surface area contributed by atoms with Crippen LogP contribution >= 0.6 is 11.3 Å². The number of rotatable bonds is 4. The van der Waals surface area contributed by atoms with Crippen molar-refractivity contribution in [1.82, 2.24) is 14.5 Å². The predicted molar refractivity (Wildman–Crippen MR) is 101 cm³/mol. The zero-order valence-electron chi connectivity index (χ0n) is 14.0. The van der Waals surface area contributed by atoms with Crippen LogP contribution in [0.25, 0.3) is 16.9 Å². The Labute approximate surface area is 154 Å². The van der Waals surface area contributed by atoms with Gasteiger partial charge in [-0.2, -0.15) is 0 Å². The number of aromatic nitrogens is 3. The zero-order valence-corrected chi connectivity index (χ0v) is 14.8. The Kier molecular flexibility index (Phi) is 4.33. The van der Waals surface area contributed by atoms with Crippen LogP contribution in [0.1, 0.15) is 15.9 Å². The fourth-order valence-electron chi connectivity index (χ4n) is 2.56. The molecule has 0 bridgehead atoms. The molecule has 0 unspecified atom stereocenters. The smallest absolute Gasteiger partial charge is 0.345 e. The van der Waals surface area contributed by atoms with E-state index in [-0.39, 0.29) is 0 Å². The number of esters is 1. The van der Waals surface area contributed by atoms with Crippen molar-refractivity contribution >= 4 is 17.3 Å². The van der Waals surface area contributed by atoms with Crippen LogP contribution in [0.5, 0.6) is 5.19 Å². The van der Waals surface area contributed by atoms with Crippen LogP contribution < -0.4 is 4.74 Å². The van der Waals surface area contributed by atoms with Crippen molar-refractivity contribution in [3.05, 3.63) is 83.8 Å². The van der Waals surface area contributed by atoms with Crippen molar-refractivity contribution in [1.29, 1.82) is 0 Å². The molecule has 0 amide bonds. The summed E-state index contributed by atoms with van der Waals surface area (Å²) in [6.45, 7) is 1.94. The predicted octanol–water partition coefficient (Wildman–Crippen LogP) is 4.52. The van der Waals surface area contributed by atoms with Crippen LogP contribution in [0.4, 0.5) is 0 Å². The molecule has 0 N–H and O–H groups in total. The van der Waals surface area contributed by atoms with Gasteiger partial charge in [0, 0.05) is 29.0 Å². The van der Waals surface area contributed by atoms with E-state index in [2.05, 4.69) is 9.97 Å². The number of benzene rings is 2. The molecule has 0 saturated carbocycles. The van der Waals surface area contributed by atoms with E-state index >= 15 is 0 Å². The maximum atomic E-state index is 12.2. The van der Waals surface area contributed by atoms with E-state index in [4.69, 9.17) is 4.74 Å². The molecule has 2 heterocycles. The summed E-state index contributed by atoms with van der Waals surface area (Å²) in [6, 6.07) is 15.3. The molecule has 0 fully saturated rings. The number of hydrogen-bond acceptors (Lipinski definition) is 5. The van der Waals surface area contributed by atoms with Gasteiger partial charge in [-0.25, -0.2) is 14.8 Å². The lowest BCUT2D eigenvalue weighted by Gasteiger charge is -2.03. The van der Waals surface area contributed by atoms with E-state index in [0.29, 0.717) is 10.8 Å². The number of aryl methyl sites for hydroxylation is 1. The zero-order chi connectivity index (χ0) is 17.9. The fourth-order valence-corrected chi connectivity index (χ4v) is 3.24. The molecule has 0 radical (unpaired) electrons. The van der Waals surface area contributed by atoms with Crippen LogP contribution in [0, 0.1) is 6.92 Å². The quantitative estimate of drug-likeness (QED) is 0.501. The first-order valence-corrected chi connectivity index (χ1v) is 8.90. The van der Waals surface area contributed by atoms with E-state index in [1.165, 1.54) is 11.3 Å². The molecule has 6 heteroatoms. The molecule has 0 aliphatic heterocycles. The first-order chi connectivity index (χ1) is 12.7. The molecule has 0 atom stereocenters. The van der Waals surface area contributed by atoms with Gasteiger partial charge in [0.2, 0.25) is 0 Å². The number of nitrogens with zero attached hydrogens (tertiary/aromatic N) is 3. The summed E-state index contributed by atoms with van der Waals surface area (Å²) in [6.07, 6.45) is 5.38. The van der Waals surface area contributed by atoms with Gasteiger partial charge in [0.15, 0.2) is 0 Å². The molecule has 0 spiro atoms. The van der Waals surface area contributed by atoms with Gasteiger partial charge in [-0.15, -0.1) is 0 Å². The van der Waals surface area contributed by atoms with E-state index in [1.807, 2.05) is 59.5 Å². The van der Waals surface area contributed by atoms with Gasteiger partial charge in [-0.1, -0.05) is 41.2 Å².